The molecule has 6 rings (SSSR count). The van der Waals surface area contributed by atoms with Crippen LogP contribution in [0.1, 0.15) is 73.9 Å². The third-order valence-electron chi connectivity index (χ3n) is 8.78. The predicted molar refractivity (Wildman–Crippen MR) is 147 cm³/mol. The van der Waals surface area contributed by atoms with Crippen molar-refractivity contribution in [3.63, 3.8) is 0 Å². The number of anilines is 2. The molecule has 5 nitrogen and oxygen atoms in total. The number of nitrogens with one attached hydrogen (secondary N) is 2. The molecule has 3 aliphatic rings. The molecule has 1 aliphatic carbocycles. The van der Waals surface area contributed by atoms with E-state index >= 15 is 0 Å². The molecule has 0 amide bonds. The molecule has 0 unspecified atom stereocenters. The lowest BCUT2D eigenvalue weighted by Gasteiger charge is -2.43. The largest absolute Gasteiger partial charge is 0.321 e. The lowest BCUT2D eigenvalue weighted by molar-refractivity contribution is 0.267. The Kier molecular flexibility index (Phi) is 6.30. The molecule has 0 bridgehead atoms. The molecule has 5 heteroatoms. The molecule has 2 atom stereocenters. The van der Waals surface area contributed by atoms with Crippen LogP contribution in [0.2, 0.25) is 0 Å². The summed E-state index contributed by atoms with van der Waals surface area (Å²) in [5.41, 5.74) is 8.47. The van der Waals surface area contributed by atoms with Crippen molar-refractivity contribution < 1.29 is 0 Å². The summed E-state index contributed by atoms with van der Waals surface area (Å²) in [5.74, 6) is 1.64. The lowest BCUT2D eigenvalue weighted by Crippen LogP contribution is -2.51. The van der Waals surface area contributed by atoms with Gasteiger partial charge in [-0.25, -0.2) is 9.97 Å². The van der Waals surface area contributed by atoms with Gasteiger partial charge in [0.15, 0.2) is 0 Å². The summed E-state index contributed by atoms with van der Waals surface area (Å²) in [7, 11) is 0. The Hall–Kier alpha value is -2.76. The van der Waals surface area contributed by atoms with Gasteiger partial charge in [-0.2, -0.15) is 0 Å². The fourth-order valence-corrected chi connectivity index (χ4v) is 7.06. The summed E-state index contributed by atoms with van der Waals surface area (Å²) in [6, 6.07) is 18.8. The Morgan fingerprint density at radius 3 is 2.64 bits per heavy atom. The monoisotopic (exact) mass is 481 g/mol. The van der Waals surface area contributed by atoms with Crippen LogP contribution in [-0.2, 0) is 24.8 Å². The molecule has 0 radical (unpaired) electrons. The summed E-state index contributed by atoms with van der Waals surface area (Å²) in [6.07, 6.45) is 7.34. The Bertz CT molecular complexity index is 1210. The minimum Gasteiger partial charge on any atom is -0.321 e. The zero-order chi connectivity index (χ0) is 24.7. The van der Waals surface area contributed by atoms with Gasteiger partial charge in [0.2, 0.25) is 0 Å². The van der Waals surface area contributed by atoms with Gasteiger partial charge in [-0.15, -0.1) is 0 Å². The maximum Gasteiger partial charge on any atom is 0.140 e. The van der Waals surface area contributed by atoms with Crippen LogP contribution >= 0.6 is 0 Å². The molecular weight excluding hydrogens is 442 g/mol. The van der Waals surface area contributed by atoms with Crippen molar-refractivity contribution >= 4 is 11.5 Å². The highest BCUT2D eigenvalue weighted by molar-refractivity contribution is 5.77. The van der Waals surface area contributed by atoms with Gasteiger partial charge in [-0.05, 0) is 73.9 Å². The fourth-order valence-electron chi connectivity index (χ4n) is 7.06. The van der Waals surface area contributed by atoms with Crippen LogP contribution in [-0.4, -0.2) is 35.1 Å². The van der Waals surface area contributed by atoms with Gasteiger partial charge in [0.05, 0.1) is 0 Å². The summed E-state index contributed by atoms with van der Waals surface area (Å²) >= 11 is 0. The second-order valence-corrected chi connectivity index (χ2v) is 11.3. The Morgan fingerprint density at radius 2 is 1.86 bits per heavy atom. The highest BCUT2D eigenvalue weighted by atomic mass is 15.3. The summed E-state index contributed by atoms with van der Waals surface area (Å²) in [4.78, 5) is 12.4. The number of hydrogen-bond donors (Lipinski definition) is 2. The third kappa shape index (κ3) is 3.93. The van der Waals surface area contributed by atoms with Crippen LogP contribution in [0.25, 0.3) is 0 Å². The average Bonchev–Trinajstić information content (AvgIpc) is 3.40. The van der Waals surface area contributed by atoms with Crippen molar-refractivity contribution in [2.75, 3.05) is 18.0 Å². The number of hydrogen-bond acceptors (Lipinski definition) is 5. The zero-order valence-electron chi connectivity index (χ0n) is 21.9. The first-order chi connectivity index (χ1) is 17.6. The molecule has 3 heterocycles. The molecule has 2 aliphatic heterocycles. The van der Waals surface area contributed by atoms with E-state index in [1.807, 2.05) is 6.33 Å². The highest BCUT2D eigenvalue weighted by Crippen LogP contribution is 2.56. The van der Waals surface area contributed by atoms with Crippen LogP contribution < -0.4 is 15.5 Å². The third-order valence-corrected chi connectivity index (χ3v) is 8.78. The van der Waals surface area contributed by atoms with Gasteiger partial charge in [0.1, 0.15) is 12.1 Å². The van der Waals surface area contributed by atoms with Crippen molar-refractivity contribution in [2.45, 2.75) is 82.8 Å². The fraction of sp³-hybridized carbons (Fsp3) is 0.484. The number of rotatable bonds is 6. The minimum absolute atomic E-state index is 0.0886. The molecule has 0 saturated carbocycles. The van der Waals surface area contributed by atoms with E-state index in [4.69, 9.17) is 9.97 Å². The van der Waals surface area contributed by atoms with Crippen LogP contribution in [0, 0.1) is 0 Å². The van der Waals surface area contributed by atoms with Crippen LogP contribution in [0.3, 0.4) is 0 Å². The molecule has 1 fully saturated rings. The zero-order valence-corrected chi connectivity index (χ0v) is 21.9. The molecular formula is C31H39N5. The SMILES string of the molecule is CC(C)NCc1cccc2c1C1(CCNCC1)[C@@H](Cc1ccccc1)N2c1ncnc2c1[C@H](C)CC2. The van der Waals surface area contributed by atoms with Crippen LogP contribution in [0.4, 0.5) is 11.5 Å². The van der Waals surface area contributed by atoms with Gasteiger partial charge >= 0.3 is 0 Å². The molecule has 3 aromatic rings. The second kappa shape index (κ2) is 9.60. The van der Waals surface area contributed by atoms with E-state index in [0.717, 1.165) is 51.1 Å². The van der Waals surface area contributed by atoms with Gasteiger partial charge in [0.25, 0.3) is 0 Å². The minimum atomic E-state index is 0.0886. The topological polar surface area (TPSA) is 53.1 Å². The number of nitrogens with zero attached hydrogens (tertiary/aromatic N) is 3. The molecule has 1 aromatic heterocycles. The molecule has 1 spiro atoms. The Balaban J connectivity index is 1.57. The van der Waals surface area contributed by atoms with Crippen LogP contribution in [0.5, 0.6) is 0 Å². The number of fused-ring (bicyclic) bond motifs is 3. The van der Waals surface area contributed by atoms with E-state index in [9.17, 15) is 0 Å². The quantitative estimate of drug-likeness (QED) is 0.493. The van der Waals surface area contributed by atoms with Crippen molar-refractivity contribution in [3.8, 4) is 0 Å². The summed E-state index contributed by atoms with van der Waals surface area (Å²) in [5, 5.41) is 7.39. The maximum absolute atomic E-state index is 5.04. The van der Waals surface area contributed by atoms with E-state index in [-0.39, 0.29) is 5.41 Å². The van der Waals surface area contributed by atoms with Gasteiger partial charge in [-0.1, -0.05) is 63.2 Å². The van der Waals surface area contributed by atoms with E-state index in [1.165, 1.54) is 34.5 Å². The maximum atomic E-state index is 5.04. The smallest absolute Gasteiger partial charge is 0.140 e. The number of aryl methyl sites for hydroxylation is 1. The summed E-state index contributed by atoms with van der Waals surface area (Å²) in [6.45, 7) is 9.84. The summed E-state index contributed by atoms with van der Waals surface area (Å²) < 4.78 is 0. The van der Waals surface area contributed by atoms with E-state index in [2.05, 4.69) is 84.8 Å². The first kappa shape index (κ1) is 23.6. The van der Waals surface area contributed by atoms with Crippen molar-refractivity contribution in [3.05, 3.63) is 82.8 Å². The molecule has 188 valence electrons. The molecule has 1 saturated heterocycles. The molecule has 2 N–H and O–H groups in total. The van der Waals surface area contributed by atoms with E-state index in [0.29, 0.717) is 18.0 Å². The van der Waals surface area contributed by atoms with E-state index in [1.54, 1.807) is 5.56 Å². The number of piperidine rings is 1. The molecule has 2 aromatic carbocycles. The second-order valence-electron chi connectivity index (χ2n) is 11.3. The average molecular weight is 482 g/mol. The number of benzene rings is 2. The van der Waals surface area contributed by atoms with Gasteiger partial charge in [0, 0.05) is 41.0 Å². The van der Waals surface area contributed by atoms with Crippen molar-refractivity contribution in [2.24, 2.45) is 0 Å². The first-order valence-corrected chi connectivity index (χ1v) is 13.8. The Labute approximate surface area is 215 Å². The highest BCUT2D eigenvalue weighted by Gasteiger charge is 2.53. The lowest BCUT2D eigenvalue weighted by atomic mass is 9.67. The normalized spacial score (nSPS) is 22.3. The molecule has 36 heavy (non-hydrogen) atoms. The first-order valence-electron chi connectivity index (χ1n) is 13.8. The Morgan fingerprint density at radius 1 is 1.06 bits per heavy atom. The van der Waals surface area contributed by atoms with Gasteiger partial charge < -0.3 is 15.5 Å². The number of aromatic nitrogens is 2. The van der Waals surface area contributed by atoms with Crippen molar-refractivity contribution in [1.82, 2.24) is 20.6 Å². The standard InChI is InChI=1S/C31H39N5/c1-21(2)33-19-24-10-7-11-26-29(24)31(14-16-32-17-15-31)27(18-23-8-5-4-6-9-23)36(26)30-28-22(3)12-13-25(28)34-20-35-30/h4-11,20-22,27,32-33H,12-19H2,1-3H3/t22-,27-/m1/s1. The van der Waals surface area contributed by atoms with Crippen LogP contribution in [0.15, 0.2) is 54.9 Å². The van der Waals surface area contributed by atoms with E-state index < -0.39 is 0 Å². The predicted octanol–water partition coefficient (Wildman–Crippen LogP) is 5.41. The van der Waals surface area contributed by atoms with Gasteiger partial charge in [-0.3, -0.25) is 0 Å². The van der Waals surface area contributed by atoms with Crippen molar-refractivity contribution in [1.29, 1.82) is 0 Å².